The second-order valence-corrected chi connectivity index (χ2v) is 6.97. The molecule has 1 unspecified atom stereocenters. The van der Waals surface area contributed by atoms with Gasteiger partial charge in [-0.25, -0.2) is 8.42 Å². The van der Waals surface area contributed by atoms with Crippen LogP contribution in [0.1, 0.15) is 13.3 Å². The fourth-order valence-corrected chi connectivity index (χ4v) is 4.00. The average Bonchev–Trinajstić information content (AvgIpc) is 2.96. The molecule has 0 aromatic heterocycles. The Bertz CT molecular complexity index is 556. The molecule has 0 saturated carbocycles. The molecule has 1 aromatic carbocycles. The van der Waals surface area contributed by atoms with Crippen LogP contribution in [0.2, 0.25) is 0 Å². The van der Waals surface area contributed by atoms with E-state index in [1.807, 2.05) is 6.92 Å². The lowest BCUT2D eigenvalue weighted by Gasteiger charge is -2.16. The fraction of sp³-hybridized carbons (Fsp3) is 0.500. The van der Waals surface area contributed by atoms with E-state index in [0.29, 0.717) is 24.5 Å². The molecule has 0 radical (unpaired) electrons. The van der Waals surface area contributed by atoms with E-state index < -0.39 is 15.1 Å². The van der Waals surface area contributed by atoms with Crippen LogP contribution in [0, 0.1) is 0 Å². The first kappa shape index (κ1) is 15.0. The van der Waals surface area contributed by atoms with Crippen LogP contribution in [-0.4, -0.2) is 50.8 Å². The van der Waals surface area contributed by atoms with Crippen LogP contribution in [0.5, 0.6) is 0 Å². The lowest BCUT2D eigenvalue weighted by Crippen LogP contribution is -2.34. The molecule has 6 heteroatoms. The maximum absolute atomic E-state index is 12.4. The maximum atomic E-state index is 12.4. The van der Waals surface area contributed by atoms with E-state index in [1.165, 1.54) is 0 Å². The number of amides is 1. The van der Waals surface area contributed by atoms with Gasteiger partial charge in [0.05, 0.1) is 10.1 Å². The van der Waals surface area contributed by atoms with Gasteiger partial charge in [0.1, 0.15) is 6.61 Å². The van der Waals surface area contributed by atoms with Crippen LogP contribution in [0.15, 0.2) is 35.2 Å². The van der Waals surface area contributed by atoms with Gasteiger partial charge >= 0.3 is 0 Å². The number of hydrogen-bond donors (Lipinski definition) is 0. The molecule has 1 heterocycles. The summed E-state index contributed by atoms with van der Waals surface area (Å²) in [4.78, 5) is 13.7. The minimum atomic E-state index is -3.36. The largest absolute Gasteiger partial charge is 0.372 e. The maximum Gasteiger partial charge on any atom is 0.248 e. The molecule has 0 aliphatic carbocycles. The quantitative estimate of drug-likeness (QED) is 0.816. The average molecular weight is 297 g/mol. The molecule has 1 aromatic rings. The molecular formula is C14H19NO4S. The predicted octanol–water partition coefficient (Wildman–Crippen LogP) is 1.10. The van der Waals surface area contributed by atoms with Gasteiger partial charge < -0.3 is 9.64 Å². The molecule has 1 atom stereocenters. The number of sulfone groups is 1. The number of rotatable bonds is 5. The van der Waals surface area contributed by atoms with Crippen molar-refractivity contribution in [3.8, 4) is 0 Å². The summed E-state index contributed by atoms with van der Waals surface area (Å²) in [6.45, 7) is 3.05. The van der Waals surface area contributed by atoms with Crippen LogP contribution >= 0.6 is 0 Å². The molecule has 110 valence electrons. The van der Waals surface area contributed by atoms with E-state index in [1.54, 1.807) is 35.2 Å². The Kier molecular flexibility index (Phi) is 4.77. The Morgan fingerprint density at radius 3 is 2.70 bits per heavy atom. The molecular weight excluding hydrogens is 278 g/mol. The third-order valence-corrected chi connectivity index (χ3v) is 5.63. The van der Waals surface area contributed by atoms with Gasteiger partial charge in [-0.1, -0.05) is 18.2 Å². The van der Waals surface area contributed by atoms with Crippen LogP contribution in [-0.2, 0) is 19.4 Å². The Labute approximate surface area is 119 Å². The van der Waals surface area contributed by atoms with Crippen molar-refractivity contribution >= 4 is 15.7 Å². The van der Waals surface area contributed by atoms with Gasteiger partial charge in [0, 0.05) is 19.7 Å². The third-order valence-electron chi connectivity index (χ3n) is 3.44. The van der Waals surface area contributed by atoms with Gasteiger partial charge in [-0.3, -0.25) is 4.79 Å². The Morgan fingerprint density at radius 2 is 2.05 bits per heavy atom. The number of carbonyl (C=O) groups excluding carboxylic acids is 1. The monoisotopic (exact) mass is 297 g/mol. The summed E-state index contributed by atoms with van der Waals surface area (Å²) in [5, 5.41) is -0.518. The van der Waals surface area contributed by atoms with Crippen molar-refractivity contribution in [2.75, 3.05) is 26.3 Å². The topological polar surface area (TPSA) is 63.7 Å². The smallest absolute Gasteiger partial charge is 0.248 e. The summed E-state index contributed by atoms with van der Waals surface area (Å²) in [6.07, 6.45) is 0.481. The summed E-state index contributed by atoms with van der Waals surface area (Å²) < 4.78 is 30.0. The second kappa shape index (κ2) is 6.37. The number of ether oxygens (including phenoxy) is 1. The highest BCUT2D eigenvalue weighted by Gasteiger charge is 2.35. The number of likely N-dealkylation sites (tertiary alicyclic amines) is 1. The van der Waals surface area contributed by atoms with Crippen LogP contribution < -0.4 is 0 Å². The predicted molar refractivity (Wildman–Crippen MR) is 75.1 cm³/mol. The third kappa shape index (κ3) is 3.19. The zero-order chi connectivity index (χ0) is 14.6. The molecule has 2 rings (SSSR count). The number of nitrogens with zero attached hydrogens (tertiary/aromatic N) is 1. The van der Waals surface area contributed by atoms with Crippen molar-refractivity contribution < 1.29 is 17.9 Å². The highest BCUT2D eigenvalue weighted by Crippen LogP contribution is 2.23. The molecule has 1 aliphatic rings. The van der Waals surface area contributed by atoms with E-state index >= 15 is 0 Å². The van der Waals surface area contributed by atoms with E-state index in [-0.39, 0.29) is 19.1 Å². The van der Waals surface area contributed by atoms with Gasteiger partial charge in [-0.15, -0.1) is 0 Å². The van der Waals surface area contributed by atoms with Gasteiger partial charge in [-0.05, 0) is 25.5 Å². The number of hydrogen-bond acceptors (Lipinski definition) is 4. The lowest BCUT2D eigenvalue weighted by molar-refractivity contribution is -0.134. The molecule has 5 nitrogen and oxygen atoms in total. The van der Waals surface area contributed by atoms with Crippen LogP contribution in [0.25, 0.3) is 0 Å². The summed E-state index contributed by atoms with van der Waals surface area (Å²) in [6, 6.07) is 8.39. The standard InChI is InChI=1S/C14H19NO4S/c1-2-19-11-14(16)15-9-8-13(10-15)20(17,18)12-6-4-3-5-7-12/h3-7,13H,2,8-11H2,1H3. The zero-order valence-electron chi connectivity index (χ0n) is 11.5. The van der Waals surface area contributed by atoms with Crippen molar-refractivity contribution in [2.45, 2.75) is 23.5 Å². The van der Waals surface area contributed by atoms with Gasteiger partial charge in [0.25, 0.3) is 0 Å². The number of benzene rings is 1. The van der Waals surface area contributed by atoms with E-state index in [4.69, 9.17) is 4.74 Å². The van der Waals surface area contributed by atoms with Crippen molar-refractivity contribution in [1.29, 1.82) is 0 Å². The van der Waals surface area contributed by atoms with E-state index in [9.17, 15) is 13.2 Å². The Balaban J connectivity index is 2.04. The highest BCUT2D eigenvalue weighted by molar-refractivity contribution is 7.92. The van der Waals surface area contributed by atoms with Crippen LogP contribution in [0.4, 0.5) is 0 Å². The summed E-state index contributed by atoms with van der Waals surface area (Å²) in [7, 11) is -3.36. The summed E-state index contributed by atoms with van der Waals surface area (Å²) >= 11 is 0. The van der Waals surface area contributed by atoms with Crippen molar-refractivity contribution in [2.24, 2.45) is 0 Å². The fourth-order valence-electron chi connectivity index (χ4n) is 2.29. The van der Waals surface area contributed by atoms with Crippen molar-refractivity contribution in [1.82, 2.24) is 4.90 Å². The normalized spacial score (nSPS) is 19.2. The molecule has 1 aliphatic heterocycles. The van der Waals surface area contributed by atoms with Crippen LogP contribution in [0.3, 0.4) is 0 Å². The van der Waals surface area contributed by atoms with Crippen molar-refractivity contribution in [3.05, 3.63) is 30.3 Å². The minimum absolute atomic E-state index is 0.0224. The molecule has 1 fully saturated rings. The Morgan fingerprint density at radius 1 is 1.35 bits per heavy atom. The second-order valence-electron chi connectivity index (χ2n) is 4.75. The molecule has 0 bridgehead atoms. The van der Waals surface area contributed by atoms with Gasteiger partial charge in [0.15, 0.2) is 9.84 Å². The first-order valence-electron chi connectivity index (χ1n) is 6.70. The van der Waals surface area contributed by atoms with Gasteiger partial charge in [0.2, 0.25) is 5.91 Å². The number of carbonyl (C=O) groups is 1. The van der Waals surface area contributed by atoms with E-state index in [0.717, 1.165) is 0 Å². The molecule has 20 heavy (non-hydrogen) atoms. The van der Waals surface area contributed by atoms with E-state index in [2.05, 4.69) is 0 Å². The summed E-state index contributed by atoms with van der Waals surface area (Å²) in [5.74, 6) is -0.141. The molecule has 1 amide bonds. The molecule has 0 N–H and O–H groups in total. The highest BCUT2D eigenvalue weighted by atomic mass is 32.2. The minimum Gasteiger partial charge on any atom is -0.372 e. The van der Waals surface area contributed by atoms with Crippen molar-refractivity contribution in [3.63, 3.8) is 0 Å². The zero-order valence-corrected chi connectivity index (χ0v) is 12.3. The summed E-state index contributed by atoms with van der Waals surface area (Å²) in [5.41, 5.74) is 0. The molecule has 1 saturated heterocycles. The Hall–Kier alpha value is -1.40. The first-order chi connectivity index (χ1) is 9.55. The molecule has 0 spiro atoms. The lowest BCUT2D eigenvalue weighted by atomic mass is 10.4. The SMILES string of the molecule is CCOCC(=O)N1CCC(S(=O)(=O)c2ccccc2)C1. The first-order valence-corrected chi connectivity index (χ1v) is 8.24. The van der Waals surface area contributed by atoms with Gasteiger partial charge in [-0.2, -0.15) is 0 Å².